The lowest BCUT2D eigenvalue weighted by molar-refractivity contribution is -0.120. The predicted octanol–water partition coefficient (Wildman–Crippen LogP) is 3.04. The van der Waals surface area contributed by atoms with Gasteiger partial charge in [-0.15, -0.1) is 0 Å². The number of hydrogen-bond acceptors (Lipinski definition) is 7. The van der Waals surface area contributed by atoms with E-state index in [4.69, 9.17) is 0 Å². The van der Waals surface area contributed by atoms with Gasteiger partial charge in [0, 0.05) is 63.3 Å². The maximum Gasteiger partial charge on any atom is 0.269 e. The lowest BCUT2D eigenvalue weighted by Gasteiger charge is -2.32. The number of carbonyl (C=O) groups excluding carboxylic acids is 1. The molecule has 218 valence electrons. The molecule has 3 aromatic heterocycles. The van der Waals surface area contributed by atoms with Crippen molar-refractivity contribution < 1.29 is 13.2 Å². The molecular formula is C31H35N7O3S. The fourth-order valence-corrected chi connectivity index (χ4v) is 7.04. The van der Waals surface area contributed by atoms with Crippen LogP contribution in [0.3, 0.4) is 0 Å². The standard InChI is InChI=1S/C31H35N7O3S/c1-22-7-9-26(10-8-22)42(40,41)38-28(19-27-30-25(20-33-31(27)38)21-34-36(30)3)24-6-4-5-23(17-24)18-29(39)32-11-12-37-15-13-35(2)14-16-37/h4-10,17,19-21H,11-16,18H2,1-3H3,(H,32,39). The number of benzene rings is 2. The highest BCUT2D eigenvalue weighted by Crippen LogP contribution is 2.35. The Morgan fingerprint density at radius 2 is 1.74 bits per heavy atom. The third kappa shape index (κ3) is 5.42. The van der Waals surface area contributed by atoms with E-state index in [1.165, 1.54) is 3.97 Å². The second kappa shape index (κ2) is 11.3. The van der Waals surface area contributed by atoms with Gasteiger partial charge in [0.2, 0.25) is 5.91 Å². The van der Waals surface area contributed by atoms with Crippen molar-refractivity contribution in [2.24, 2.45) is 7.05 Å². The van der Waals surface area contributed by atoms with Gasteiger partial charge in [-0.25, -0.2) is 17.4 Å². The van der Waals surface area contributed by atoms with E-state index >= 15 is 0 Å². The van der Waals surface area contributed by atoms with E-state index in [-0.39, 0.29) is 17.2 Å². The van der Waals surface area contributed by atoms with Crippen molar-refractivity contribution in [1.82, 2.24) is 33.9 Å². The van der Waals surface area contributed by atoms with Gasteiger partial charge in [0.15, 0.2) is 5.65 Å². The molecule has 0 unspecified atom stereocenters. The van der Waals surface area contributed by atoms with Crippen molar-refractivity contribution >= 4 is 37.9 Å². The van der Waals surface area contributed by atoms with E-state index in [0.717, 1.165) is 54.8 Å². The lowest BCUT2D eigenvalue weighted by atomic mass is 10.1. The first-order valence-corrected chi connectivity index (χ1v) is 15.6. The molecule has 1 aliphatic heterocycles. The van der Waals surface area contributed by atoms with Crippen LogP contribution in [0.25, 0.3) is 33.2 Å². The minimum Gasteiger partial charge on any atom is -0.355 e. The highest BCUT2D eigenvalue weighted by molar-refractivity contribution is 7.90. The molecule has 0 aliphatic carbocycles. The molecule has 1 fully saturated rings. The van der Waals surface area contributed by atoms with Gasteiger partial charge >= 0.3 is 0 Å². The molecule has 0 bridgehead atoms. The van der Waals surface area contributed by atoms with Crippen molar-refractivity contribution in [3.8, 4) is 11.3 Å². The summed E-state index contributed by atoms with van der Waals surface area (Å²) in [7, 11) is -0.0518. The van der Waals surface area contributed by atoms with Gasteiger partial charge in [-0.3, -0.25) is 14.4 Å². The van der Waals surface area contributed by atoms with Crippen molar-refractivity contribution in [1.29, 1.82) is 0 Å². The van der Waals surface area contributed by atoms with Crippen LogP contribution in [0.5, 0.6) is 0 Å². The van der Waals surface area contributed by atoms with E-state index in [9.17, 15) is 13.2 Å². The molecule has 6 rings (SSSR count). The van der Waals surface area contributed by atoms with Gasteiger partial charge in [0.05, 0.1) is 28.7 Å². The quantitative estimate of drug-likeness (QED) is 0.299. The van der Waals surface area contributed by atoms with Gasteiger partial charge < -0.3 is 10.2 Å². The van der Waals surface area contributed by atoms with Gasteiger partial charge in [0.1, 0.15) is 0 Å². The lowest BCUT2D eigenvalue weighted by Crippen LogP contribution is -2.47. The summed E-state index contributed by atoms with van der Waals surface area (Å²) in [5.74, 6) is -0.0626. The fourth-order valence-electron chi connectivity index (χ4n) is 5.56. The molecule has 4 heterocycles. The van der Waals surface area contributed by atoms with Crippen LogP contribution in [0.1, 0.15) is 11.1 Å². The Bertz CT molecular complexity index is 1870. The first kappa shape index (κ1) is 28.1. The van der Waals surface area contributed by atoms with Crippen LogP contribution in [0, 0.1) is 6.92 Å². The van der Waals surface area contributed by atoms with Crippen molar-refractivity contribution in [3.63, 3.8) is 0 Å². The van der Waals surface area contributed by atoms with Gasteiger partial charge in [-0.1, -0.05) is 35.9 Å². The van der Waals surface area contributed by atoms with Crippen LogP contribution < -0.4 is 5.32 Å². The number of carbonyl (C=O) groups is 1. The fraction of sp³-hybridized carbons (Fsp3) is 0.323. The largest absolute Gasteiger partial charge is 0.355 e. The van der Waals surface area contributed by atoms with E-state index in [1.54, 1.807) is 41.3 Å². The number of piperazine rings is 1. The molecule has 2 aromatic carbocycles. The summed E-state index contributed by atoms with van der Waals surface area (Å²) in [6.45, 7) is 7.44. The zero-order valence-electron chi connectivity index (χ0n) is 24.1. The zero-order chi connectivity index (χ0) is 29.4. The maximum absolute atomic E-state index is 14.1. The van der Waals surface area contributed by atoms with Crippen molar-refractivity contribution in [2.75, 3.05) is 46.3 Å². The first-order chi connectivity index (χ1) is 20.2. The zero-order valence-corrected chi connectivity index (χ0v) is 24.9. The number of nitrogens with one attached hydrogen (secondary N) is 1. The normalized spacial score (nSPS) is 15.0. The Kier molecular flexibility index (Phi) is 7.56. The van der Waals surface area contributed by atoms with Crippen LogP contribution in [0.4, 0.5) is 0 Å². The molecule has 1 amide bonds. The number of aromatic nitrogens is 4. The molecule has 0 saturated carbocycles. The second-order valence-electron chi connectivity index (χ2n) is 11.1. The van der Waals surface area contributed by atoms with E-state index < -0.39 is 10.0 Å². The molecule has 0 spiro atoms. The van der Waals surface area contributed by atoms with Gasteiger partial charge in [0.25, 0.3) is 10.0 Å². The van der Waals surface area contributed by atoms with Crippen LogP contribution in [0.15, 0.2) is 71.9 Å². The summed E-state index contributed by atoms with van der Waals surface area (Å²) in [6.07, 6.45) is 3.57. The smallest absolute Gasteiger partial charge is 0.269 e. The number of likely N-dealkylation sites (N-methyl/N-ethyl adjacent to an activating group) is 1. The van der Waals surface area contributed by atoms with Crippen LogP contribution in [-0.2, 0) is 28.3 Å². The SMILES string of the molecule is Cc1ccc(S(=O)(=O)n2c(-c3cccc(CC(=O)NCCN4CCN(C)CC4)c3)cc3c4c(cnc32)cnn4C)cc1. The number of fused-ring (bicyclic) bond motifs is 3. The molecule has 5 aromatic rings. The molecule has 42 heavy (non-hydrogen) atoms. The Morgan fingerprint density at radius 1 is 0.976 bits per heavy atom. The Balaban J connectivity index is 1.33. The van der Waals surface area contributed by atoms with Crippen LogP contribution in [0.2, 0.25) is 0 Å². The van der Waals surface area contributed by atoms with Crippen molar-refractivity contribution in [3.05, 3.63) is 78.1 Å². The van der Waals surface area contributed by atoms with Crippen LogP contribution in [-0.4, -0.2) is 89.2 Å². The monoisotopic (exact) mass is 585 g/mol. The highest BCUT2D eigenvalue weighted by Gasteiger charge is 2.26. The summed E-state index contributed by atoms with van der Waals surface area (Å²) >= 11 is 0. The summed E-state index contributed by atoms with van der Waals surface area (Å²) < 4.78 is 31.3. The van der Waals surface area contributed by atoms with E-state index in [2.05, 4.69) is 32.2 Å². The summed E-state index contributed by atoms with van der Waals surface area (Å²) in [5, 5.41) is 8.91. The number of rotatable bonds is 8. The number of hydrogen-bond donors (Lipinski definition) is 1. The highest BCUT2D eigenvalue weighted by atomic mass is 32.2. The maximum atomic E-state index is 14.1. The number of aryl methyl sites for hydroxylation is 2. The molecule has 11 heteroatoms. The van der Waals surface area contributed by atoms with E-state index in [1.807, 2.05) is 44.3 Å². The average Bonchev–Trinajstić information content (AvgIpc) is 3.55. The number of nitrogens with zero attached hydrogens (tertiary/aromatic N) is 6. The number of amides is 1. The second-order valence-corrected chi connectivity index (χ2v) is 12.8. The Hall–Kier alpha value is -4.06. The van der Waals surface area contributed by atoms with Gasteiger partial charge in [-0.05, 0) is 49.4 Å². The summed E-state index contributed by atoms with van der Waals surface area (Å²) in [5.41, 5.74) is 4.05. The minimum atomic E-state index is -4.01. The number of pyridine rings is 1. The third-order valence-electron chi connectivity index (χ3n) is 7.97. The topological polar surface area (TPSA) is 105 Å². The molecule has 1 N–H and O–H groups in total. The Morgan fingerprint density at radius 3 is 2.50 bits per heavy atom. The molecule has 0 atom stereocenters. The van der Waals surface area contributed by atoms with Gasteiger partial charge in [-0.2, -0.15) is 5.10 Å². The summed E-state index contributed by atoms with van der Waals surface area (Å²) in [4.78, 5) is 22.3. The van der Waals surface area contributed by atoms with E-state index in [0.29, 0.717) is 28.8 Å². The molecule has 10 nitrogen and oxygen atoms in total. The summed E-state index contributed by atoms with van der Waals surface area (Å²) in [6, 6.07) is 16.2. The molecular weight excluding hydrogens is 550 g/mol. The predicted molar refractivity (Wildman–Crippen MR) is 164 cm³/mol. The molecule has 0 radical (unpaired) electrons. The van der Waals surface area contributed by atoms with Crippen LogP contribution >= 0.6 is 0 Å². The Labute approximate surface area is 245 Å². The minimum absolute atomic E-state index is 0.0626. The first-order valence-electron chi connectivity index (χ1n) is 14.1. The van der Waals surface area contributed by atoms with Crippen molar-refractivity contribution in [2.45, 2.75) is 18.2 Å². The third-order valence-corrected chi connectivity index (χ3v) is 9.69. The molecule has 1 aliphatic rings. The molecule has 1 saturated heterocycles. The average molecular weight is 586 g/mol.